The topological polar surface area (TPSA) is 9.23 Å². The summed E-state index contributed by atoms with van der Waals surface area (Å²) >= 11 is 0. The van der Waals surface area contributed by atoms with E-state index in [1.807, 2.05) is 0 Å². The number of halogens is 3. The molecule has 0 aliphatic carbocycles. The molecule has 14 heavy (non-hydrogen) atoms. The maximum absolute atomic E-state index is 11.7. The summed E-state index contributed by atoms with van der Waals surface area (Å²) < 4.78 is 39.9. The maximum atomic E-state index is 11.7. The first kappa shape index (κ1) is 13.8. The van der Waals surface area contributed by atoms with E-state index in [0.29, 0.717) is 0 Å². The third-order valence-corrected chi connectivity index (χ3v) is 2.00. The molecule has 0 spiro atoms. The zero-order valence-electron chi connectivity index (χ0n) is 8.86. The number of ether oxygens (including phenoxy) is 1. The number of unbranched alkanes of at least 4 members (excludes halogenated alkanes) is 3. The predicted molar refractivity (Wildman–Crippen MR) is 50.2 cm³/mol. The van der Waals surface area contributed by atoms with Crippen molar-refractivity contribution in [1.82, 2.24) is 0 Å². The summed E-state index contributed by atoms with van der Waals surface area (Å²) in [5, 5.41) is 0. The van der Waals surface area contributed by atoms with E-state index in [1.165, 1.54) is 0 Å². The lowest BCUT2D eigenvalue weighted by Crippen LogP contribution is -2.21. The summed E-state index contributed by atoms with van der Waals surface area (Å²) in [6.45, 7) is 2.67. The Hall–Kier alpha value is -0.250. The van der Waals surface area contributed by atoms with Crippen molar-refractivity contribution < 1.29 is 17.9 Å². The van der Waals surface area contributed by atoms with Gasteiger partial charge in [0.15, 0.2) is 0 Å². The number of alkyl halides is 3. The standard InChI is InChI=1S/C10H19F3O/c1-3-4-5-6-7-9(2)14-8-10(11,12)13/h9H,3-8H2,1-2H3. The summed E-state index contributed by atoms with van der Waals surface area (Å²) in [5.41, 5.74) is 0. The lowest BCUT2D eigenvalue weighted by Gasteiger charge is -2.14. The molecule has 0 aromatic rings. The molecule has 0 bridgehead atoms. The largest absolute Gasteiger partial charge is 0.411 e. The number of rotatable bonds is 7. The van der Waals surface area contributed by atoms with Crippen molar-refractivity contribution in [3.05, 3.63) is 0 Å². The highest BCUT2D eigenvalue weighted by atomic mass is 19.4. The number of hydrogen-bond acceptors (Lipinski definition) is 1. The Morgan fingerprint density at radius 3 is 2.29 bits per heavy atom. The monoisotopic (exact) mass is 212 g/mol. The van der Waals surface area contributed by atoms with Crippen LogP contribution >= 0.6 is 0 Å². The van der Waals surface area contributed by atoms with E-state index in [4.69, 9.17) is 0 Å². The minimum Gasteiger partial charge on any atom is -0.369 e. The van der Waals surface area contributed by atoms with E-state index >= 15 is 0 Å². The Bertz CT molecular complexity index is 134. The first-order valence-corrected chi connectivity index (χ1v) is 5.14. The molecule has 86 valence electrons. The molecule has 0 heterocycles. The van der Waals surface area contributed by atoms with Gasteiger partial charge in [-0.1, -0.05) is 32.6 Å². The molecule has 1 unspecified atom stereocenters. The van der Waals surface area contributed by atoms with Gasteiger partial charge in [-0.25, -0.2) is 0 Å². The maximum Gasteiger partial charge on any atom is 0.411 e. The highest BCUT2D eigenvalue weighted by Crippen LogP contribution is 2.17. The Morgan fingerprint density at radius 2 is 1.79 bits per heavy atom. The summed E-state index contributed by atoms with van der Waals surface area (Å²) in [4.78, 5) is 0. The van der Waals surface area contributed by atoms with Crippen molar-refractivity contribution in [3.63, 3.8) is 0 Å². The average molecular weight is 212 g/mol. The lowest BCUT2D eigenvalue weighted by molar-refractivity contribution is -0.184. The van der Waals surface area contributed by atoms with E-state index in [-0.39, 0.29) is 6.10 Å². The van der Waals surface area contributed by atoms with Crippen molar-refractivity contribution in [3.8, 4) is 0 Å². The quantitative estimate of drug-likeness (QED) is 0.581. The summed E-state index contributed by atoms with van der Waals surface area (Å²) in [7, 11) is 0. The Balaban J connectivity index is 3.32. The van der Waals surface area contributed by atoms with Crippen molar-refractivity contribution >= 4 is 0 Å². The van der Waals surface area contributed by atoms with Crippen molar-refractivity contribution in [2.75, 3.05) is 6.61 Å². The van der Waals surface area contributed by atoms with Gasteiger partial charge in [-0.05, 0) is 13.3 Å². The fraction of sp³-hybridized carbons (Fsp3) is 1.00. The van der Waals surface area contributed by atoms with Crippen LogP contribution < -0.4 is 0 Å². The zero-order valence-corrected chi connectivity index (χ0v) is 8.86. The Labute approximate surface area is 83.6 Å². The van der Waals surface area contributed by atoms with Crippen LogP contribution in [0.3, 0.4) is 0 Å². The van der Waals surface area contributed by atoms with Crippen LogP contribution in [0.25, 0.3) is 0 Å². The van der Waals surface area contributed by atoms with Gasteiger partial charge in [0.25, 0.3) is 0 Å². The minimum atomic E-state index is -4.20. The van der Waals surface area contributed by atoms with Gasteiger partial charge in [-0.15, -0.1) is 0 Å². The van der Waals surface area contributed by atoms with Crippen LogP contribution in [0.2, 0.25) is 0 Å². The molecule has 4 heteroatoms. The van der Waals surface area contributed by atoms with Gasteiger partial charge < -0.3 is 4.74 Å². The van der Waals surface area contributed by atoms with Crippen LogP contribution in [-0.2, 0) is 4.74 Å². The Morgan fingerprint density at radius 1 is 1.14 bits per heavy atom. The number of hydrogen-bond donors (Lipinski definition) is 0. The highest BCUT2D eigenvalue weighted by Gasteiger charge is 2.28. The molecule has 0 aromatic heterocycles. The van der Waals surface area contributed by atoms with Crippen LogP contribution in [0.1, 0.15) is 46.0 Å². The SMILES string of the molecule is CCCCCCC(C)OCC(F)(F)F. The minimum absolute atomic E-state index is 0.284. The van der Waals surface area contributed by atoms with E-state index in [2.05, 4.69) is 11.7 Å². The summed E-state index contributed by atoms with van der Waals surface area (Å²) in [6.07, 6.45) is 0.550. The molecular formula is C10H19F3O. The fourth-order valence-corrected chi connectivity index (χ4v) is 1.18. The Kier molecular flexibility index (Phi) is 6.97. The van der Waals surface area contributed by atoms with Crippen LogP contribution in [0, 0.1) is 0 Å². The fourth-order valence-electron chi connectivity index (χ4n) is 1.18. The van der Waals surface area contributed by atoms with Crippen molar-refractivity contribution in [1.29, 1.82) is 0 Å². The highest BCUT2D eigenvalue weighted by molar-refractivity contribution is 4.54. The van der Waals surface area contributed by atoms with Crippen LogP contribution in [0.4, 0.5) is 13.2 Å². The molecule has 0 saturated carbocycles. The zero-order chi connectivity index (χ0) is 11.0. The smallest absolute Gasteiger partial charge is 0.369 e. The van der Waals surface area contributed by atoms with Gasteiger partial charge in [0.1, 0.15) is 6.61 Å². The predicted octanol–water partition coefficient (Wildman–Crippen LogP) is 3.92. The van der Waals surface area contributed by atoms with E-state index in [1.54, 1.807) is 6.92 Å². The molecule has 0 N–H and O–H groups in total. The first-order chi connectivity index (χ1) is 6.45. The molecule has 0 fully saturated rings. The van der Waals surface area contributed by atoms with Gasteiger partial charge in [0.05, 0.1) is 6.10 Å². The van der Waals surface area contributed by atoms with Gasteiger partial charge in [-0.3, -0.25) is 0 Å². The molecule has 1 nitrogen and oxygen atoms in total. The third kappa shape index (κ3) is 9.84. The summed E-state index contributed by atoms with van der Waals surface area (Å²) in [6, 6.07) is 0. The lowest BCUT2D eigenvalue weighted by atomic mass is 10.1. The van der Waals surface area contributed by atoms with E-state index < -0.39 is 12.8 Å². The van der Waals surface area contributed by atoms with Crippen LogP contribution in [0.15, 0.2) is 0 Å². The summed E-state index contributed by atoms with van der Waals surface area (Å²) in [5.74, 6) is 0. The molecule has 1 atom stereocenters. The molecular weight excluding hydrogens is 193 g/mol. The molecule has 0 aliphatic heterocycles. The second kappa shape index (κ2) is 7.10. The van der Waals surface area contributed by atoms with E-state index in [9.17, 15) is 13.2 Å². The molecule has 0 amide bonds. The normalized spacial score (nSPS) is 14.4. The first-order valence-electron chi connectivity index (χ1n) is 5.14. The third-order valence-electron chi connectivity index (χ3n) is 2.00. The molecule has 0 rings (SSSR count). The van der Waals surface area contributed by atoms with Crippen molar-refractivity contribution in [2.24, 2.45) is 0 Å². The average Bonchev–Trinajstić information content (AvgIpc) is 2.08. The molecule has 0 radical (unpaired) electrons. The molecule has 0 aromatic carbocycles. The van der Waals surface area contributed by atoms with Crippen LogP contribution in [0.5, 0.6) is 0 Å². The second-order valence-electron chi connectivity index (χ2n) is 3.59. The molecule has 0 saturated heterocycles. The van der Waals surface area contributed by atoms with Gasteiger partial charge in [0.2, 0.25) is 0 Å². The van der Waals surface area contributed by atoms with Gasteiger partial charge in [0, 0.05) is 0 Å². The second-order valence-corrected chi connectivity index (χ2v) is 3.59. The molecule has 0 aliphatic rings. The van der Waals surface area contributed by atoms with E-state index in [0.717, 1.165) is 32.1 Å². The van der Waals surface area contributed by atoms with Crippen molar-refractivity contribution in [2.45, 2.75) is 58.2 Å². The van der Waals surface area contributed by atoms with Crippen LogP contribution in [-0.4, -0.2) is 18.9 Å². The van der Waals surface area contributed by atoms with Gasteiger partial charge in [-0.2, -0.15) is 13.2 Å². The van der Waals surface area contributed by atoms with Gasteiger partial charge >= 0.3 is 6.18 Å².